The molecule has 18 heavy (non-hydrogen) atoms. The Hall–Kier alpha value is -0.830. The quantitative estimate of drug-likeness (QED) is 0.843. The van der Waals surface area contributed by atoms with Crippen molar-refractivity contribution < 1.29 is 5.11 Å². The van der Waals surface area contributed by atoms with Gasteiger partial charge in [0, 0.05) is 18.7 Å². The second-order valence-corrected chi connectivity index (χ2v) is 5.54. The molecule has 1 aromatic heterocycles. The first kappa shape index (κ1) is 13.6. The number of aliphatic hydroxyl groups excluding tert-OH is 1. The summed E-state index contributed by atoms with van der Waals surface area (Å²) in [4.78, 5) is 0. The third kappa shape index (κ3) is 3.35. The SMILES string of the molecule is CCc1cc(CC(O)CC2CCCC2)n(CC)n1. The number of hydrogen-bond donors (Lipinski definition) is 1. The molecule has 1 heterocycles. The predicted octanol–water partition coefficient (Wildman–Crippen LogP) is 2.95. The number of nitrogens with zero attached hydrogens (tertiary/aromatic N) is 2. The van der Waals surface area contributed by atoms with Crippen LogP contribution in [0.15, 0.2) is 6.07 Å². The predicted molar refractivity (Wildman–Crippen MR) is 73.6 cm³/mol. The van der Waals surface area contributed by atoms with Gasteiger partial charge in [-0.2, -0.15) is 5.10 Å². The van der Waals surface area contributed by atoms with Gasteiger partial charge in [-0.05, 0) is 31.7 Å². The van der Waals surface area contributed by atoms with Crippen LogP contribution in [0.3, 0.4) is 0 Å². The summed E-state index contributed by atoms with van der Waals surface area (Å²) in [7, 11) is 0. The van der Waals surface area contributed by atoms with E-state index in [0.29, 0.717) is 0 Å². The Labute approximate surface area is 110 Å². The van der Waals surface area contributed by atoms with Crippen LogP contribution in [0.4, 0.5) is 0 Å². The molecule has 0 amide bonds. The van der Waals surface area contributed by atoms with E-state index in [-0.39, 0.29) is 6.10 Å². The van der Waals surface area contributed by atoms with Crippen molar-refractivity contribution in [3.8, 4) is 0 Å². The van der Waals surface area contributed by atoms with Gasteiger partial charge in [-0.3, -0.25) is 4.68 Å². The zero-order chi connectivity index (χ0) is 13.0. The number of rotatable bonds is 6. The average molecular weight is 250 g/mol. The van der Waals surface area contributed by atoms with Gasteiger partial charge in [0.25, 0.3) is 0 Å². The topological polar surface area (TPSA) is 38.0 Å². The first-order valence-corrected chi connectivity index (χ1v) is 7.46. The lowest BCUT2D eigenvalue weighted by Gasteiger charge is -2.15. The molecule has 2 rings (SSSR count). The molecule has 1 N–H and O–H groups in total. The van der Waals surface area contributed by atoms with Crippen LogP contribution in [-0.2, 0) is 19.4 Å². The molecule has 1 aliphatic carbocycles. The van der Waals surface area contributed by atoms with Crippen molar-refractivity contribution in [2.24, 2.45) is 5.92 Å². The van der Waals surface area contributed by atoms with Crippen molar-refractivity contribution in [1.82, 2.24) is 9.78 Å². The molecule has 3 heteroatoms. The van der Waals surface area contributed by atoms with Crippen molar-refractivity contribution in [3.63, 3.8) is 0 Å². The summed E-state index contributed by atoms with van der Waals surface area (Å²) in [6.45, 7) is 5.13. The van der Waals surface area contributed by atoms with E-state index in [4.69, 9.17) is 0 Å². The van der Waals surface area contributed by atoms with Crippen LogP contribution in [0.2, 0.25) is 0 Å². The molecule has 0 saturated heterocycles. The first-order valence-electron chi connectivity index (χ1n) is 7.46. The fourth-order valence-electron chi connectivity index (χ4n) is 3.08. The minimum atomic E-state index is -0.195. The molecular formula is C15H26N2O. The molecule has 1 fully saturated rings. The van der Waals surface area contributed by atoms with Gasteiger partial charge in [0.1, 0.15) is 0 Å². The van der Waals surface area contributed by atoms with Crippen LogP contribution in [0, 0.1) is 5.92 Å². The Morgan fingerprint density at radius 3 is 2.72 bits per heavy atom. The van der Waals surface area contributed by atoms with Gasteiger partial charge in [0.2, 0.25) is 0 Å². The number of aryl methyl sites for hydroxylation is 2. The van der Waals surface area contributed by atoms with Gasteiger partial charge in [0.15, 0.2) is 0 Å². The van der Waals surface area contributed by atoms with E-state index in [1.54, 1.807) is 0 Å². The van der Waals surface area contributed by atoms with Crippen LogP contribution in [-0.4, -0.2) is 21.0 Å². The summed E-state index contributed by atoms with van der Waals surface area (Å²) in [6, 6.07) is 2.15. The van der Waals surface area contributed by atoms with Crippen LogP contribution >= 0.6 is 0 Å². The lowest BCUT2D eigenvalue weighted by atomic mass is 9.97. The lowest BCUT2D eigenvalue weighted by molar-refractivity contribution is 0.141. The average Bonchev–Trinajstić information content (AvgIpc) is 2.98. The van der Waals surface area contributed by atoms with Crippen LogP contribution in [0.1, 0.15) is 57.3 Å². The number of hydrogen-bond acceptors (Lipinski definition) is 2. The fraction of sp³-hybridized carbons (Fsp3) is 0.800. The summed E-state index contributed by atoms with van der Waals surface area (Å²) in [6.07, 6.45) is 7.83. The maximum Gasteiger partial charge on any atom is 0.0624 e. The summed E-state index contributed by atoms with van der Waals surface area (Å²) < 4.78 is 2.04. The molecule has 1 aromatic rings. The van der Waals surface area contributed by atoms with E-state index >= 15 is 0 Å². The van der Waals surface area contributed by atoms with Gasteiger partial charge in [-0.15, -0.1) is 0 Å². The maximum absolute atomic E-state index is 10.2. The second kappa shape index (κ2) is 6.37. The monoisotopic (exact) mass is 250 g/mol. The Bertz CT molecular complexity index is 367. The van der Waals surface area contributed by atoms with Gasteiger partial charge < -0.3 is 5.11 Å². The summed E-state index contributed by atoms with van der Waals surface area (Å²) >= 11 is 0. The molecule has 1 saturated carbocycles. The minimum absolute atomic E-state index is 0.195. The standard InChI is InChI=1S/C15H26N2O/c1-3-13-10-14(17(4-2)16-13)11-15(18)9-12-7-5-6-8-12/h10,12,15,18H,3-9,11H2,1-2H3. The summed E-state index contributed by atoms with van der Waals surface area (Å²) in [5.41, 5.74) is 2.33. The van der Waals surface area contributed by atoms with Crippen molar-refractivity contribution in [1.29, 1.82) is 0 Å². The van der Waals surface area contributed by atoms with Crippen LogP contribution in [0.5, 0.6) is 0 Å². The molecule has 0 aliphatic heterocycles. The first-order chi connectivity index (χ1) is 8.72. The highest BCUT2D eigenvalue weighted by Gasteiger charge is 2.20. The van der Waals surface area contributed by atoms with E-state index in [1.807, 2.05) is 4.68 Å². The zero-order valence-electron chi connectivity index (χ0n) is 11.7. The largest absolute Gasteiger partial charge is 0.393 e. The van der Waals surface area contributed by atoms with Gasteiger partial charge in [-0.1, -0.05) is 32.6 Å². The van der Waals surface area contributed by atoms with Gasteiger partial charge in [-0.25, -0.2) is 0 Å². The number of aromatic nitrogens is 2. The molecule has 1 aliphatic rings. The molecule has 0 aromatic carbocycles. The highest BCUT2D eigenvalue weighted by molar-refractivity contribution is 5.11. The fourth-order valence-corrected chi connectivity index (χ4v) is 3.08. The van der Waals surface area contributed by atoms with Gasteiger partial charge in [0.05, 0.1) is 11.8 Å². The van der Waals surface area contributed by atoms with Gasteiger partial charge >= 0.3 is 0 Å². The molecule has 102 valence electrons. The van der Waals surface area contributed by atoms with E-state index in [1.165, 1.54) is 31.4 Å². The Kier molecular flexibility index (Phi) is 4.81. The van der Waals surface area contributed by atoms with E-state index in [9.17, 15) is 5.11 Å². The highest BCUT2D eigenvalue weighted by Crippen LogP contribution is 2.29. The molecule has 3 nitrogen and oxygen atoms in total. The zero-order valence-corrected chi connectivity index (χ0v) is 11.7. The van der Waals surface area contributed by atoms with Crippen LogP contribution < -0.4 is 0 Å². The Morgan fingerprint density at radius 2 is 2.11 bits per heavy atom. The third-order valence-corrected chi connectivity index (χ3v) is 4.10. The van der Waals surface area contributed by atoms with E-state index in [0.717, 1.165) is 37.4 Å². The van der Waals surface area contributed by atoms with Crippen LogP contribution in [0.25, 0.3) is 0 Å². The summed E-state index contributed by atoms with van der Waals surface area (Å²) in [5, 5.41) is 14.8. The second-order valence-electron chi connectivity index (χ2n) is 5.54. The van der Waals surface area contributed by atoms with Crippen molar-refractivity contribution in [2.75, 3.05) is 0 Å². The molecule has 0 radical (unpaired) electrons. The third-order valence-electron chi connectivity index (χ3n) is 4.10. The number of aliphatic hydroxyl groups is 1. The molecular weight excluding hydrogens is 224 g/mol. The van der Waals surface area contributed by atoms with E-state index in [2.05, 4.69) is 25.0 Å². The van der Waals surface area contributed by atoms with Crippen molar-refractivity contribution >= 4 is 0 Å². The normalized spacial score (nSPS) is 18.4. The Balaban J connectivity index is 1.92. The molecule has 0 spiro atoms. The molecule has 1 unspecified atom stereocenters. The lowest BCUT2D eigenvalue weighted by Crippen LogP contribution is -2.17. The maximum atomic E-state index is 10.2. The summed E-state index contributed by atoms with van der Waals surface area (Å²) in [5.74, 6) is 0.753. The smallest absolute Gasteiger partial charge is 0.0624 e. The van der Waals surface area contributed by atoms with E-state index < -0.39 is 0 Å². The Morgan fingerprint density at radius 1 is 1.39 bits per heavy atom. The molecule has 1 atom stereocenters. The molecule has 0 bridgehead atoms. The highest BCUT2D eigenvalue weighted by atomic mass is 16.3. The van der Waals surface area contributed by atoms with Crippen molar-refractivity contribution in [2.45, 2.75) is 71.4 Å². The minimum Gasteiger partial charge on any atom is -0.393 e. The van der Waals surface area contributed by atoms with Crippen molar-refractivity contribution in [3.05, 3.63) is 17.5 Å².